The number of benzene rings is 1. The molecule has 6 nitrogen and oxygen atoms in total. The number of alkyl halides is 2. The summed E-state index contributed by atoms with van der Waals surface area (Å²) in [5.41, 5.74) is 0.499. The van der Waals surface area contributed by atoms with Gasteiger partial charge < -0.3 is 9.15 Å². The smallest absolute Gasteiger partial charge is 0.379 e. The lowest BCUT2D eigenvalue weighted by Crippen LogP contribution is -2.37. The van der Waals surface area contributed by atoms with Gasteiger partial charge in [-0.15, -0.1) is 0 Å². The fourth-order valence-electron chi connectivity index (χ4n) is 4.82. The molecule has 3 fully saturated rings. The van der Waals surface area contributed by atoms with Gasteiger partial charge in [0.2, 0.25) is 17.6 Å². The van der Waals surface area contributed by atoms with Crippen molar-refractivity contribution >= 4 is 55.3 Å². The second kappa shape index (κ2) is 6.56. The highest BCUT2D eigenvalue weighted by atomic mass is 79.9. The monoisotopic (exact) mass is 507 g/mol. The minimum atomic E-state index is -0.607. The van der Waals surface area contributed by atoms with E-state index >= 15 is 0 Å². The molecule has 0 N–H and O–H groups in total. The number of esters is 1. The van der Waals surface area contributed by atoms with Crippen LogP contribution in [0.4, 0.5) is 5.69 Å². The molecule has 5 rings (SSSR count). The van der Waals surface area contributed by atoms with Crippen molar-refractivity contribution in [3.8, 4) is 5.75 Å². The standard InChI is InChI=1S/C20H15Br2NO5/c21-16-11-8-12(17(16)22)15-14(11)18(24)23(19(15)25)9-3-5-10(6-4-9)28-20(26)13-2-1-7-27-13/h1-7,11-12,14-17H,8H2/t11-,12-,14-,15+,16-,17+/m1/s1. The molecule has 6 atom stereocenters. The number of hydrogen-bond acceptors (Lipinski definition) is 5. The third-order valence-corrected chi connectivity index (χ3v) is 9.22. The zero-order valence-electron chi connectivity index (χ0n) is 14.5. The molecular weight excluding hydrogens is 494 g/mol. The maximum atomic E-state index is 13.0. The zero-order chi connectivity index (χ0) is 19.6. The van der Waals surface area contributed by atoms with Crippen molar-refractivity contribution in [1.82, 2.24) is 0 Å². The van der Waals surface area contributed by atoms with Crippen LogP contribution in [0.25, 0.3) is 0 Å². The van der Waals surface area contributed by atoms with Gasteiger partial charge in [-0.25, -0.2) is 4.79 Å². The number of rotatable bonds is 3. The summed E-state index contributed by atoms with van der Waals surface area (Å²) in [6, 6.07) is 9.50. The molecule has 3 aliphatic rings. The maximum absolute atomic E-state index is 13.0. The van der Waals surface area contributed by atoms with Gasteiger partial charge >= 0.3 is 5.97 Å². The van der Waals surface area contributed by atoms with Gasteiger partial charge in [-0.3, -0.25) is 14.5 Å². The fraction of sp³-hybridized carbons (Fsp3) is 0.350. The number of furan rings is 1. The summed E-state index contributed by atoms with van der Waals surface area (Å²) in [5, 5.41) is 0. The van der Waals surface area contributed by atoms with Gasteiger partial charge in [-0.2, -0.15) is 0 Å². The van der Waals surface area contributed by atoms with Crippen LogP contribution in [-0.2, 0) is 9.59 Å². The summed E-state index contributed by atoms with van der Waals surface area (Å²) in [6.07, 6.45) is 2.29. The number of carbonyl (C=O) groups excluding carboxylic acids is 3. The molecule has 1 aromatic carbocycles. The molecule has 28 heavy (non-hydrogen) atoms. The van der Waals surface area contributed by atoms with Gasteiger partial charge in [0.1, 0.15) is 5.75 Å². The van der Waals surface area contributed by atoms with Crippen molar-refractivity contribution in [3.63, 3.8) is 0 Å². The molecule has 2 bridgehead atoms. The van der Waals surface area contributed by atoms with Gasteiger partial charge in [0.25, 0.3) is 0 Å². The van der Waals surface area contributed by atoms with E-state index in [2.05, 4.69) is 31.9 Å². The van der Waals surface area contributed by atoms with Crippen LogP contribution in [-0.4, -0.2) is 27.4 Å². The van der Waals surface area contributed by atoms with E-state index in [0.717, 1.165) is 6.42 Å². The number of hydrogen-bond donors (Lipinski definition) is 0. The molecule has 0 radical (unpaired) electrons. The summed E-state index contributed by atoms with van der Waals surface area (Å²) in [4.78, 5) is 39.7. The van der Waals surface area contributed by atoms with Gasteiger partial charge in [0, 0.05) is 9.65 Å². The first-order valence-corrected chi connectivity index (χ1v) is 10.8. The Labute approximate surface area is 177 Å². The van der Waals surface area contributed by atoms with Crippen LogP contribution >= 0.6 is 31.9 Å². The van der Waals surface area contributed by atoms with E-state index in [1.165, 1.54) is 17.2 Å². The number of anilines is 1. The quantitative estimate of drug-likeness (QED) is 0.273. The van der Waals surface area contributed by atoms with Crippen LogP contribution in [0.1, 0.15) is 17.0 Å². The topological polar surface area (TPSA) is 76.8 Å². The number of imide groups is 1. The highest BCUT2D eigenvalue weighted by Gasteiger charge is 2.66. The van der Waals surface area contributed by atoms with Crippen LogP contribution in [0.2, 0.25) is 0 Å². The molecular formula is C20H15Br2NO5. The minimum absolute atomic E-state index is 0.103. The second-order valence-corrected chi connectivity index (χ2v) is 9.49. The third-order valence-electron chi connectivity index (χ3n) is 6.01. The van der Waals surface area contributed by atoms with E-state index in [1.54, 1.807) is 30.3 Å². The Morgan fingerprint density at radius 3 is 2.14 bits per heavy atom. The molecule has 2 aromatic rings. The van der Waals surface area contributed by atoms with Crippen molar-refractivity contribution in [1.29, 1.82) is 0 Å². The lowest BCUT2D eigenvalue weighted by atomic mass is 9.81. The van der Waals surface area contributed by atoms with E-state index in [9.17, 15) is 14.4 Å². The maximum Gasteiger partial charge on any atom is 0.379 e. The average molecular weight is 509 g/mol. The van der Waals surface area contributed by atoms with Crippen molar-refractivity contribution in [3.05, 3.63) is 48.4 Å². The van der Waals surface area contributed by atoms with E-state index in [1.807, 2.05) is 0 Å². The highest BCUT2D eigenvalue weighted by molar-refractivity contribution is 9.12. The SMILES string of the molecule is O=C(Oc1ccc(N2C(=O)[C@@H]3[C@H]4C[C@@H]([C@H](Br)[C@@H]4Br)[C@@H]3C2=O)cc1)c1ccco1. The first-order valence-electron chi connectivity index (χ1n) is 8.99. The predicted molar refractivity (Wildman–Crippen MR) is 107 cm³/mol. The Kier molecular flexibility index (Phi) is 4.24. The second-order valence-electron chi connectivity index (χ2n) is 7.38. The van der Waals surface area contributed by atoms with Crippen LogP contribution in [0.5, 0.6) is 5.75 Å². The van der Waals surface area contributed by atoms with Crippen LogP contribution < -0.4 is 9.64 Å². The molecule has 2 amide bonds. The van der Waals surface area contributed by atoms with Crippen LogP contribution in [0.3, 0.4) is 0 Å². The molecule has 2 saturated carbocycles. The number of amides is 2. The zero-order valence-corrected chi connectivity index (χ0v) is 17.6. The Balaban J connectivity index is 1.36. The highest BCUT2D eigenvalue weighted by Crippen LogP contribution is 2.60. The number of ether oxygens (including phenoxy) is 1. The number of fused-ring (bicyclic) bond motifs is 5. The average Bonchev–Trinajstić information content (AvgIpc) is 3.44. The predicted octanol–water partition coefficient (Wildman–Crippen LogP) is 3.78. The van der Waals surface area contributed by atoms with E-state index in [4.69, 9.17) is 9.15 Å². The Hall–Kier alpha value is -1.93. The lowest BCUT2D eigenvalue weighted by Gasteiger charge is -2.28. The molecule has 1 aliphatic heterocycles. The third kappa shape index (κ3) is 2.54. The van der Waals surface area contributed by atoms with Crippen molar-refractivity contribution in [2.24, 2.45) is 23.7 Å². The van der Waals surface area contributed by atoms with E-state index in [-0.39, 0.29) is 50.9 Å². The lowest BCUT2D eigenvalue weighted by molar-refractivity contribution is -0.123. The molecule has 1 saturated heterocycles. The fourth-order valence-corrected chi connectivity index (χ4v) is 6.69. The van der Waals surface area contributed by atoms with Crippen molar-refractivity contribution < 1.29 is 23.5 Å². The number of nitrogens with zero attached hydrogens (tertiary/aromatic N) is 1. The van der Waals surface area contributed by atoms with Gasteiger partial charge in [0.05, 0.1) is 23.8 Å². The first kappa shape index (κ1) is 18.1. The summed E-state index contributed by atoms with van der Waals surface area (Å²) in [6.45, 7) is 0. The van der Waals surface area contributed by atoms with E-state index < -0.39 is 5.97 Å². The first-order chi connectivity index (χ1) is 13.5. The summed E-state index contributed by atoms with van der Waals surface area (Å²) < 4.78 is 10.2. The van der Waals surface area contributed by atoms with Gasteiger partial charge in [0.15, 0.2) is 0 Å². The minimum Gasteiger partial charge on any atom is -0.457 e. The van der Waals surface area contributed by atoms with Crippen molar-refractivity contribution in [2.45, 2.75) is 16.1 Å². The molecule has 144 valence electrons. The van der Waals surface area contributed by atoms with E-state index in [0.29, 0.717) is 11.4 Å². The van der Waals surface area contributed by atoms with Gasteiger partial charge in [-0.05, 0) is 54.7 Å². The summed E-state index contributed by atoms with van der Waals surface area (Å²) >= 11 is 7.37. The Morgan fingerprint density at radius 1 is 1.00 bits per heavy atom. The number of carbonyl (C=O) groups is 3. The largest absolute Gasteiger partial charge is 0.457 e. The number of halogens is 2. The molecule has 0 spiro atoms. The normalized spacial score (nSPS) is 33.4. The van der Waals surface area contributed by atoms with Crippen LogP contribution in [0, 0.1) is 23.7 Å². The molecule has 0 unspecified atom stereocenters. The summed E-state index contributed by atoms with van der Waals surface area (Å²) in [5.74, 6) is -0.623. The molecule has 8 heteroatoms. The Morgan fingerprint density at radius 2 is 1.61 bits per heavy atom. The molecule has 1 aromatic heterocycles. The van der Waals surface area contributed by atoms with Crippen LogP contribution in [0.15, 0.2) is 47.1 Å². The molecule has 2 aliphatic carbocycles. The Bertz CT molecular complexity index is 925. The van der Waals surface area contributed by atoms with Gasteiger partial charge in [-0.1, -0.05) is 31.9 Å². The summed E-state index contributed by atoms with van der Waals surface area (Å²) in [7, 11) is 0. The van der Waals surface area contributed by atoms with Crippen molar-refractivity contribution in [2.75, 3.05) is 4.90 Å². The molecule has 2 heterocycles.